The average molecular weight is 414 g/mol. The maximum atomic E-state index is 11.6. The highest BCUT2D eigenvalue weighted by molar-refractivity contribution is 5.71. The topological polar surface area (TPSA) is 64.6 Å². The molecule has 1 amide bonds. The summed E-state index contributed by atoms with van der Waals surface area (Å²) >= 11 is 0. The molecule has 0 fully saturated rings. The molecule has 172 valence electrons. The van der Waals surface area contributed by atoms with E-state index in [1.807, 2.05) is 20.8 Å². The van der Waals surface area contributed by atoms with Gasteiger partial charge in [-0.15, -0.1) is 0 Å². The van der Waals surface area contributed by atoms with E-state index in [0.717, 1.165) is 12.8 Å². The minimum atomic E-state index is -0.482. The van der Waals surface area contributed by atoms with Gasteiger partial charge in [-0.2, -0.15) is 0 Å². The molecule has 0 aliphatic rings. The molecule has 0 atom stereocenters. The number of nitrogens with one attached hydrogen (secondary N) is 1. The van der Waals surface area contributed by atoms with Crippen LogP contribution in [0.5, 0.6) is 0 Å². The van der Waals surface area contributed by atoms with Gasteiger partial charge in [-0.25, -0.2) is 4.79 Å². The van der Waals surface area contributed by atoms with Gasteiger partial charge >= 0.3 is 12.1 Å². The van der Waals surface area contributed by atoms with E-state index in [4.69, 9.17) is 9.47 Å². The van der Waals surface area contributed by atoms with Crippen LogP contribution in [0.2, 0.25) is 0 Å². The van der Waals surface area contributed by atoms with Crippen molar-refractivity contribution in [2.24, 2.45) is 5.41 Å². The predicted octanol–water partition coefficient (Wildman–Crippen LogP) is 6.78. The zero-order valence-electron chi connectivity index (χ0n) is 19.7. The number of rotatable bonds is 18. The van der Waals surface area contributed by atoms with Gasteiger partial charge in [-0.1, -0.05) is 105 Å². The van der Waals surface area contributed by atoms with E-state index in [1.54, 1.807) is 0 Å². The molecule has 0 aromatic carbocycles. The SMILES string of the molecule is CCCCCCCCCCCCCCCOC(=O)CCNC(=O)OCC(C)(C)C. The summed E-state index contributed by atoms with van der Waals surface area (Å²) in [5.41, 5.74) is -0.0653. The highest BCUT2D eigenvalue weighted by Crippen LogP contribution is 2.13. The third-order valence-electron chi connectivity index (χ3n) is 4.75. The second-order valence-corrected chi connectivity index (χ2v) is 9.28. The summed E-state index contributed by atoms with van der Waals surface area (Å²) in [7, 11) is 0. The van der Waals surface area contributed by atoms with Crippen LogP contribution in [0.4, 0.5) is 4.79 Å². The zero-order chi connectivity index (χ0) is 21.8. The lowest BCUT2D eigenvalue weighted by Crippen LogP contribution is -2.30. The summed E-state index contributed by atoms with van der Waals surface area (Å²) in [6.07, 6.45) is 16.6. The first-order valence-corrected chi connectivity index (χ1v) is 11.9. The Morgan fingerprint density at radius 2 is 1.21 bits per heavy atom. The van der Waals surface area contributed by atoms with Gasteiger partial charge in [-0.05, 0) is 11.8 Å². The maximum absolute atomic E-state index is 11.6. The molecule has 0 rings (SSSR count). The lowest BCUT2D eigenvalue weighted by atomic mass is 9.99. The van der Waals surface area contributed by atoms with Crippen LogP contribution >= 0.6 is 0 Å². The summed E-state index contributed by atoms with van der Waals surface area (Å²) in [5, 5.41) is 2.58. The Bertz CT molecular complexity index is 404. The second kappa shape index (κ2) is 18.7. The van der Waals surface area contributed by atoms with Gasteiger partial charge in [0.15, 0.2) is 0 Å². The van der Waals surface area contributed by atoms with Gasteiger partial charge < -0.3 is 14.8 Å². The van der Waals surface area contributed by atoms with Crippen molar-refractivity contribution in [2.45, 2.75) is 118 Å². The zero-order valence-corrected chi connectivity index (χ0v) is 19.7. The molecule has 0 aliphatic carbocycles. The van der Waals surface area contributed by atoms with E-state index in [9.17, 15) is 9.59 Å². The average Bonchev–Trinajstić information content (AvgIpc) is 2.66. The smallest absolute Gasteiger partial charge is 0.407 e. The molecule has 0 radical (unpaired) electrons. The molecular formula is C24H47NO4. The Labute approximate surface area is 179 Å². The van der Waals surface area contributed by atoms with Crippen LogP contribution in [0.3, 0.4) is 0 Å². The number of carbonyl (C=O) groups excluding carboxylic acids is 2. The van der Waals surface area contributed by atoms with E-state index >= 15 is 0 Å². The summed E-state index contributed by atoms with van der Waals surface area (Å²) in [6.45, 7) is 9.32. The summed E-state index contributed by atoms with van der Waals surface area (Å²) in [5.74, 6) is -0.264. The van der Waals surface area contributed by atoms with Crippen LogP contribution in [0.25, 0.3) is 0 Å². The van der Waals surface area contributed by atoms with Crippen molar-refractivity contribution in [1.82, 2.24) is 5.32 Å². The normalized spacial score (nSPS) is 11.3. The quantitative estimate of drug-likeness (QED) is 0.199. The van der Waals surface area contributed by atoms with E-state index < -0.39 is 6.09 Å². The summed E-state index contributed by atoms with van der Waals surface area (Å²) in [4.78, 5) is 23.1. The number of esters is 1. The Kier molecular flexibility index (Phi) is 17.9. The Balaban J connectivity index is 3.30. The monoisotopic (exact) mass is 413 g/mol. The number of ether oxygens (including phenoxy) is 2. The first-order chi connectivity index (χ1) is 13.8. The molecule has 0 saturated carbocycles. The molecular weight excluding hydrogens is 366 g/mol. The van der Waals surface area contributed by atoms with Crippen molar-refractivity contribution in [2.75, 3.05) is 19.8 Å². The van der Waals surface area contributed by atoms with Crippen molar-refractivity contribution in [3.05, 3.63) is 0 Å². The van der Waals surface area contributed by atoms with Crippen LogP contribution in [0.15, 0.2) is 0 Å². The minimum Gasteiger partial charge on any atom is -0.466 e. The molecule has 0 saturated heterocycles. The van der Waals surface area contributed by atoms with Crippen molar-refractivity contribution >= 4 is 12.1 Å². The minimum absolute atomic E-state index is 0.0653. The number of unbranched alkanes of at least 4 members (excludes halogenated alkanes) is 12. The molecule has 0 spiro atoms. The molecule has 0 heterocycles. The van der Waals surface area contributed by atoms with Gasteiger partial charge in [0.2, 0.25) is 0 Å². The molecule has 0 aliphatic heterocycles. The summed E-state index contributed by atoms with van der Waals surface area (Å²) < 4.78 is 10.3. The number of alkyl carbamates (subject to hydrolysis) is 1. The molecule has 0 unspecified atom stereocenters. The van der Waals surface area contributed by atoms with Gasteiger partial charge in [-0.3, -0.25) is 4.79 Å². The van der Waals surface area contributed by atoms with Crippen LogP contribution in [0.1, 0.15) is 118 Å². The fraction of sp³-hybridized carbons (Fsp3) is 0.917. The fourth-order valence-electron chi connectivity index (χ4n) is 2.98. The van der Waals surface area contributed by atoms with Crippen molar-refractivity contribution in [3.8, 4) is 0 Å². The standard InChI is InChI=1S/C24H47NO4/c1-5-6-7-8-9-10-11-12-13-14-15-16-17-20-28-22(26)18-19-25-23(27)29-21-24(2,3)4/h5-21H2,1-4H3,(H,25,27). The molecule has 0 bridgehead atoms. The predicted molar refractivity (Wildman–Crippen MR) is 120 cm³/mol. The maximum Gasteiger partial charge on any atom is 0.407 e. The number of amides is 1. The van der Waals surface area contributed by atoms with Gasteiger partial charge in [0.05, 0.1) is 19.6 Å². The lowest BCUT2D eigenvalue weighted by Gasteiger charge is -2.17. The van der Waals surface area contributed by atoms with Crippen LogP contribution in [-0.4, -0.2) is 31.8 Å². The van der Waals surface area contributed by atoms with Crippen LogP contribution in [0, 0.1) is 5.41 Å². The highest BCUT2D eigenvalue weighted by Gasteiger charge is 2.13. The number of hydrogen-bond donors (Lipinski definition) is 1. The Hall–Kier alpha value is -1.26. The fourth-order valence-corrected chi connectivity index (χ4v) is 2.98. The van der Waals surface area contributed by atoms with E-state index in [1.165, 1.54) is 70.6 Å². The molecule has 5 heteroatoms. The molecule has 0 aromatic rings. The van der Waals surface area contributed by atoms with Crippen molar-refractivity contribution in [3.63, 3.8) is 0 Å². The molecule has 0 aromatic heterocycles. The first kappa shape index (κ1) is 27.7. The largest absolute Gasteiger partial charge is 0.466 e. The molecule has 1 N–H and O–H groups in total. The van der Waals surface area contributed by atoms with Gasteiger partial charge in [0.25, 0.3) is 0 Å². The van der Waals surface area contributed by atoms with Crippen LogP contribution in [-0.2, 0) is 14.3 Å². The van der Waals surface area contributed by atoms with Crippen molar-refractivity contribution in [1.29, 1.82) is 0 Å². The van der Waals surface area contributed by atoms with Gasteiger partial charge in [0, 0.05) is 6.54 Å². The third kappa shape index (κ3) is 22.9. The highest BCUT2D eigenvalue weighted by atomic mass is 16.5. The summed E-state index contributed by atoms with van der Waals surface area (Å²) in [6, 6.07) is 0. The van der Waals surface area contributed by atoms with Gasteiger partial charge in [0.1, 0.15) is 0 Å². The molecule has 29 heavy (non-hydrogen) atoms. The van der Waals surface area contributed by atoms with E-state index in [0.29, 0.717) is 13.2 Å². The van der Waals surface area contributed by atoms with E-state index in [-0.39, 0.29) is 24.3 Å². The molecule has 5 nitrogen and oxygen atoms in total. The van der Waals surface area contributed by atoms with E-state index in [2.05, 4.69) is 12.2 Å². The van der Waals surface area contributed by atoms with Crippen LogP contribution < -0.4 is 5.32 Å². The Morgan fingerprint density at radius 3 is 1.69 bits per heavy atom. The third-order valence-corrected chi connectivity index (χ3v) is 4.75. The Morgan fingerprint density at radius 1 is 0.724 bits per heavy atom. The number of carbonyl (C=O) groups is 2. The lowest BCUT2D eigenvalue weighted by molar-refractivity contribution is -0.143. The second-order valence-electron chi connectivity index (χ2n) is 9.28. The number of hydrogen-bond acceptors (Lipinski definition) is 4. The first-order valence-electron chi connectivity index (χ1n) is 11.9. The van der Waals surface area contributed by atoms with Crippen molar-refractivity contribution < 1.29 is 19.1 Å².